The minimum absolute atomic E-state index is 0.0647. The van der Waals surface area contributed by atoms with Crippen molar-refractivity contribution < 1.29 is 24.8 Å². The van der Waals surface area contributed by atoms with Gasteiger partial charge in [0.25, 0.3) is 0 Å². The lowest BCUT2D eigenvalue weighted by Crippen LogP contribution is -2.57. The Balaban J connectivity index is 2.69. The normalized spacial score (nSPS) is 43.2. The SMILES string of the molecule is CO[C@H]1O[C@H](CC#N)[C@@H](O)[C@H](O)[C@@H]1O. The molecule has 14 heavy (non-hydrogen) atoms. The summed E-state index contributed by atoms with van der Waals surface area (Å²) in [6.07, 6.45) is -5.83. The number of aliphatic hydroxyl groups is 3. The van der Waals surface area contributed by atoms with Crippen LogP contribution in [0.15, 0.2) is 0 Å². The van der Waals surface area contributed by atoms with Crippen LogP contribution in [-0.2, 0) is 9.47 Å². The van der Waals surface area contributed by atoms with Crippen LogP contribution < -0.4 is 0 Å². The average Bonchev–Trinajstić information content (AvgIpc) is 2.19. The van der Waals surface area contributed by atoms with E-state index in [-0.39, 0.29) is 6.42 Å². The quantitative estimate of drug-likeness (QED) is 0.497. The maximum Gasteiger partial charge on any atom is 0.186 e. The lowest BCUT2D eigenvalue weighted by atomic mass is 9.97. The fraction of sp³-hybridized carbons (Fsp3) is 0.875. The van der Waals surface area contributed by atoms with Crippen LogP contribution in [0.4, 0.5) is 0 Å². The molecule has 1 aliphatic rings. The first-order chi connectivity index (χ1) is 6.61. The summed E-state index contributed by atoms with van der Waals surface area (Å²) in [5, 5.41) is 36.6. The van der Waals surface area contributed by atoms with E-state index in [9.17, 15) is 15.3 Å². The molecule has 1 saturated heterocycles. The number of rotatable bonds is 2. The zero-order valence-electron chi connectivity index (χ0n) is 7.70. The molecule has 1 aliphatic heterocycles. The highest BCUT2D eigenvalue weighted by molar-refractivity contribution is 4.92. The summed E-state index contributed by atoms with van der Waals surface area (Å²) in [4.78, 5) is 0. The molecule has 0 aliphatic carbocycles. The molecule has 0 aromatic carbocycles. The third-order valence-corrected chi connectivity index (χ3v) is 2.19. The van der Waals surface area contributed by atoms with Crippen LogP contribution >= 0.6 is 0 Å². The predicted molar refractivity (Wildman–Crippen MR) is 43.9 cm³/mol. The van der Waals surface area contributed by atoms with Gasteiger partial charge in [-0.3, -0.25) is 0 Å². The van der Waals surface area contributed by atoms with Crippen LogP contribution in [0.5, 0.6) is 0 Å². The Bertz CT molecular complexity index is 226. The number of hydrogen-bond donors (Lipinski definition) is 3. The Morgan fingerprint density at radius 1 is 1.29 bits per heavy atom. The van der Waals surface area contributed by atoms with Crippen molar-refractivity contribution in [3.05, 3.63) is 0 Å². The third-order valence-electron chi connectivity index (χ3n) is 2.19. The fourth-order valence-electron chi connectivity index (χ4n) is 1.37. The van der Waals surface area contributed by atoms with Crippen molar-refractivity contribution in [2.24, 2.45) is 0 Å². The summed E-state index contributed by atoms with van der Waals surface area (Å²) < 4.78 is 9.81. The molecule has 3 N–H and O–H groups in total. The second-order valence-electron chi connectivity index (χ2n) is 3.11. The summed E-state index contributed by atoms with van der Waals surface area (Å²) in [6, 6.07) is 1.81. The zero-order chi connectivity index (χ0) is 10.7. The van der Waals surface area contributed by atoms with Gasteiger partial charge in [-0.25, -0.2) is 0 Å². The van der Waals surface area contributed by atoms with E-state index in [0.29, 0.717) is 0 Å². The molecule has 0 aromatic rings. The van der Waals surface area contributed by atoms with E-state index in [1.807, 2.05) is 6.07 Å². The lowest BCUT2D eigenvalue weighted by Gasteiger charge is -2.38. The maximum absolute atomic E-state index is 9.41. The number of hydrogen-bond acceptors (Lipinski definition) is 6. The topological polar surface area (TPSA) is 103 Å². The van der Waals surface area contributed by atoms with Crippen LogP contribution in [-0.4, -0.2) is 53.1 Å². The van der Waals surface area contributed by atoms with E-state index in [4.69, 9.17) is 14.7 Å². The van der Waals surface area contributed by atoms with E-state index in [2.05, 4.69) is 0 Å². The van der Waals surface area contributed by atoms with Crippen LogP contribution in [0, 0.1) is 11.3 Å². The first kappa shape index (κ1) is 11.4. The summed E-state index contributed by atoms with van der Waals surface area (Å²) >= 11 is 0. The van der Waals surface area contributed by atoms with Crippen molar-refractivity contribution in [1.82, 2.24) is 0 Å². The molecule has 1 rings (SSSR count). The molecule has 1 fully saturated rings. The molecule has 0 amide bonds. The Labute approximate surface area is 81.3 Å². The van der Waals surface area contributed by atoms with Crippen molar-refractivity contribution in [2.45, 2.75) is 37.1 Å². The van der Waals surface area contributed by atoms with E-state index >= 15 is 0 Å². The van der Waals surface area contributed by atoms with Gasteiger partial charge in [0.15, 0.2) is 6.29 Å². The molecule has 80 valence electrons. The monoisotopic (exact) mass is 203 g/mol. The highest BCUT2D eigenvalue weighted by Gasteiger charge is 2.43. The largest absolute Gasteiger partial charge is 0.388 e. The summed E-state index contributed by atoms with van der Waals surface area (Å²) in [5.41, 5.74) is 0. The van der Waals surface area contributed by atoms with E-state index in [0.717, 1.165) is 0 Å². The molecule has 0 bridgehead atoms. The molecule has 0 unspecified atom stereocenters. The molecule has 1 heterocycles. The van der Waals surface area contributed by atoms with Crippen LogP contribution in [0.1, 0.15) is 6.42 Å². The van der Waals surface area contributed by atoms with Crippen LogP contribution in [0.25, 0.3) is 0 Å². The van der Waals surface area contributed by atoms with E-state index in [1.165, 1.54) is 7.11 Å². The molecule has 0 radical (unpaired) electrons. The molecule has 0 aromatic heterocycles. The molecule has 6 heteroatoms. The van der Waals surface area contributed by atoms with Crippen molar-refractivity contribution in [2.75, 3.05) is 7.11 Å². The highest BCUT2D eigenvalue weighted by Crippen LogP contribution is 2.23. The molecule has 6 nitrogen and oxygen atoms in total. The number of methoxy groups -OCH3 is 1. The van der Waals surface area contributed by atoms with Crippen molar-refractivity contribution >= 4 is 0 Å². The van der Waals surface area contributed by atoms with Gasteiger partial charge in [0, 0.05) is 7.11 Å². The Morgan fingerprint density at radius 3 is 2.43 bits per heavy atom. The number of aliphatic hydroxyl groups excluding tert-OH is 3. The Hall–Kier alpha value is -0.710. The molecular formula is C8H13NO5. The van der Waals surface area contributed by atoms with Gasteiger partial charge in [-0.1, -0.05) is 0 Å². The van der Waals surface area contributed by atoms with Gasteiger partial charge in [0.2, 0.25) is 0 Å². The van der Waals surface area contributed by atoms with Gasteiger partial charge in [-0.2, -0.15) is 5.26 Å². The predicted octanol–water partition coefficient (Wildman–Crippen LogP) is -1.65. The minimum Gasteiger partial charge on any atom is -0.388 e. The van der Waals surface area contributed by atoms with E-state index in [1.54, 1.807) is 0 Å². The lowest BCUT2D eigenvalue weighted by molar-refractivity contribution is -0.288. The molecule has 0 spiro atoms. The van der Waals surface area contributed by atoms with Crippen LogP contribution in [0.2, 0.25) is 0 Å². The third kappa shape index (κ3) is 2.03. The van der Waals surface area contributed by atoms with Crippen LogP contribution in [0.3, 0.4) is 0 Å². The van der Waals surface area contributed by atoms with Gasteiger partial charge < -0.3 is 24.8 Å². The fourth-order valence-corrected chi connectivity index (χ4v) is 1.37. The van der Waals surface area contributed by atoms with Gasteiger partial charge >= 0.3 is 0 Å². The van der Waals surface area contributed by atoms with Gasteiger partial charge in [-0.05, 0) is 0 Å². The van der Waals surface area contributed by atoms with Gasteiger partial charge in [0.05, 0.1) is 12.5 Å². The Kier molecular flexibility index (Phi) is 3.80. The van der Waals surface area contributed by atoms with Gasteiger partial charge in [-0.15, -0.1) is 0 Å². The highest BCUT2D eigenvalue weighted by atomic mass is 16.7. The van der Waals surface area contributed by atoms with Crippen molar-refractivity contribution in [3.63, 3.8) is 0 Å². The summed E-state index contributed by atoms with van der Waals surface area (Å²) in [7, 11) is 1.31. The van der Waals surface area contributed by atoms with Crippen molar-refractivity contribution in [3.8, 4) is 6.07 Å². The smallest absolute Gasteiger partial charge is 0.186 e. The number of nitrogens with zero attached hydrogens (tertiary/aromatic N) is 1. The van der Waals surface area contributed by atoms with Crippen molar-refractivity contribution in [1.29, 1.82) is 5.26 Å². The first-order valence-corrected chi connectivity index (χ1v) is 4.21. The van der Waals surface area contributed by atoms with E-state index < -0.39 is 30.7 Å². The summed E-state index contributed by atoms with van der Waals surface area (Å²) in [5.74, 6) is 0. The molecule has 5 atom stereocenters. The zero-order valence-corrected chi connectivity index (χ0v) is 7.70. The average molecular weight is 203 g/mol. The second-order valence-corrected chi connectivity index (χ2v) is 3.11. The summed E-state index contributed by atoms with van der Waals surface area (Å²) in [6.45, 7) is 0. The molecular weight excluding hydrogens is 190 g/mol. The molecule has 0 saturated carbocycles. The minimum atomic E-state index is -1.35. The second kappa shape index (κ2) is 4.68. The standard InChI is InChI=1S/C8H13NO5/c1-13-8-7(12)6(11)5(10)4(14-8)2-3-9/h4-8,10-12H,2H2,1H3/t4-,5-,6+,7+,8+/m1/s1. The Morgan fingerprint density at radius 2 is 1.93 bits per heavy atom. The number of ether oxygens (including phenoxy) is 2. The first-order valence-electron chi connectivity index (χ1n) is 4.21. The maximum atomic E-state index is 9.41. The number of nitriles is 1. The van der Waals surface area contributed by atoms with Gasteiger partial charge in [0.1, 0.15) is 24.4 Å².